The molecular formula is C27H23B2Cl2N3O2. The quantitative estimate of drug-likeness (QED) is 0.161. The second-order valence-corrected chi connectivity index (χ2v) is 9.01. The molecule has 36 heavy (non-hydrogen) atoms. The molecule has 0 fully saturated rings. The fourth-order valence-corrected chi connectivity index (χ4v) is 3.90. The molecule has 0 spiro atoms. The van der Waals surface area contributed by atoms with Crippen LogP contribution >= 0.6 is 23.2 Å². The molecule has 0 saturated carbocycles. The molecule has 0 saturated heterocycles. The fourth-order valence-electron chi connectivity index (χ4n) is 3.55. The fraction of sp³-hybridized carbons (Fsp3) is 0.185. The summed E-state index contributed by atoms with van der Waals surface area (Å²) in [4.78, 5) is 5.77. The molecule has 0 aliphatic carbocycles. The zero-order chi connectivity index (χ0) is 26.5. The Bertz CT molecular complexity index is 1330. The van der Waals surface area contributed by atoms with Crippen LogP contribution in [0.2, 0.25) is 5.02 Å². The summed E-state index contributed by atoms with van der Waals surface area (Å²) in [5, 5.41) is 20.4. The summed E-state index contributed by atoms with van der Waals surface area (Å²) in [7, 11) is 11.8. The molecule has 0 aromatic heterocycles. The minimum atomic E-state index is -2.29. The Morgan fingerprint density at radius 1 is 1.17 bits per heavy atom. The highest BCUT2D eigenvalue weighted by Crippen LogP contribution is 2.39. The van der Waals surface area contributed by atoms with Gasteiger partial charge < -0.3 is 14.7 Å². The van der Waals surface area contributed by atoms with Gasteiger partial charge in [-0.1, -0.05) is 42.4 Å². The lowest BCUT2D eigenvalue weighted by molar-refractivity contribution is 0.220. The monoisotopic (exact) mass is 513 g/mol. The van der Waals surface area contributed by atoms with Crippen molar-refractivity contribution in [3.05, 3.63) is 82.9 Å². The summed E-state index contributed by atoms with van der Waals surface area (Å²) in [5.74, 6) is 0.427. The number of anilines is 2. The number of allylic oxidation sites excluding steroid dienone is 1. The maximum Gasteiger partial charge on any atom is 0.155 e. The summed E-state index contributed by atoms with van der Waals surface area (Å²) in [6.07, 6.45) is 1.73. The Kier molecular flexibility index (Phi) is 8.92. The smallest absolute Gasteiger partial charge is 0.155 e. The van der Waals surface area contributed by atoms with Crippen LogP contribution in [-0.4, -0.2) is 45.0 Å². The summed E-state index contributed by atoms with van der Waals surface area (Å²) in [6.45, 7) is 7.91. The molecule has 0 bridgehead atoms. The molecule has 3 rings (SSSR count). The summed E-state index contributed by atoms with van der Waals surface area (Å²) >= 11 is 12.1. The highest BCUT2D eigenvalue weighted by Gasteiger charge is 2.26. The number of benzene rings is 3. The number of hydrogen-bond donors (Lipinski definition) is 1. The zero-order valence-corrected chi connectivity index (χ0v) is 21.5. The lowest BCUT2D eigenvalue weighted by atomic mass is 9.71. The SMILES string of the molecule is [B]C([B])(O)N(c1ccc(-c2ccc(C)c(N=CC(=C)C)c2)cc1)c1cc(Cl)c(OCCCl)c(C#N)c1. The molecule has 0 amide bonds. The van der Waals surface area contributed by atoms with Crippen molar-refractivity contribution in [3.63, 3.8) is 0 Å². The predicted octanol–water partition coefficient (Wildman–Crippen LogP) is 6.16. The highest BCUT2D eigenvalue weighted by molar-refractivity contribution is 6.41. The Morgan fingerprint density at radius 3 is 2.42 bits per heavy atom. The molecule has 4 radical (unpaired) electrons. The molecule has 3 aromatic carbocycles. The van der Waals surface area contributed by atoms with E-state index in [1.165, 1.54) is 17.0 Å². The highest BCUT2D eigenvalue weighted by atomic mass is 35.5. The third-order valence-corrected chi connectivity index (χ3v) is 5.62. The van der Waals surface area contributed by atoms with E-state index in [-0.39, 0.29) is 28.8 Å². The van der Waals surface area contributed by atoms with Crippen molar-refractivity contribution in [1.29, 1.82) is 5.26 Å². The van der Waals surface area contributed by atoms with Crippen molar-refractivity contribution in [2.75, 3.05) is 17.4 Å². The van der Waals surface area contributed by atoms with E-state index in [9.17, 15) is 10.4 Å². The van der Waals surface area contributed by atoms with Crippen LogP contribution in [0.25, 0.3) is 11.1 Å². The van der Waals surface area contributed by atoms with Gasteiger partial charge in [-0.2, -0.15) is 5.26 Å². The minimum Gasteiger partial charge on any atom is -0.489 e. The second kappa shape index (κ2) is 11.7. The summed E-state index contributed by atoms with van der Waals surface area (Å²) in [5.41, 5.74) is 3.27. The first-order valence-electron chi connectivity index (χ1n) is 11.0. The van der Waals surface area contributed by atoms with Crippen LogP contribution in [0.15, 0.2) is 71.7 Å². The van der Waals surface area contributed by atoms with E-state index in [4.69, 9.17) is 43.6 Å². The molecule has 0 unspecified atom stereocenters. The van der Waals surface area contributed by atoms with Gasteiger partial charge in [-0.25, -0.2) is 0 Å². The molecule has 3 aromatic rings. The Balaban J connectivity index is 2.01. The van der Waals surface area contributed by atoms with Gasteiger partial charge in [0.25, 0.3) is 0 Å². The molecule has 0 aliphatic heterocycles. The molecular weight excluding hydrogens is 491 g/mol. The molecule has 0 aliphatic rings. The summed E-state index contributed by atoms with van der Waals surface area (Å²) in [6, 6.07) is 18.3. The Hall–Kier alpha value is -3.17. The van der Waals surface area contributed by atoms with Gasteiger partial charge in [0.05, 0.1) is 27.7 Å². The van der Waals surface area contributed by atoms with Gasteiger partial charge in [0.2, 0.25) is 0 Å². The van der Waals surface area contributed by atoms with E-state index < -0.39 is 5.52 Å². The normalized spacial score (nSPS) is 11.3. The first-order valence-corrected chi connectivity index (χ1v) is 11.9. The van der Waals surface area contributed by atoms with Crippen LogP contribution in [0.4, 0.5) is 17.1 Å². The number of aliphatic imine (C=N–C) groups is 1. The third kappa shape index (κ3) is 6.53. The first-order chi connectivity index (χ1) is 17.0. The van der Waals surface area contributed by atoms with E-state index in [0.29, 0.717) is 11.4 Å². The summed E-state index contributed by atoms with van der Waals surface area (Å²) < 4.78 is 5.50. The van der Waals surface area contributed by atoms with Crippen LogP contribution in [0.3, 0.4) is 0 Å². The number of aryl methyl sites for hydroxylation is 1. The van der Waals surface area contributed by atoms with Gasteiger partial charge in [0, 0.05) is 17.6 Å². The average Bonchev–Trinajstić information content (AvgIpc) is 2.82. The lowest BCUT2D eigenvalue weighted by Crippen LogP contribution is -2.47. The lowest BCUT2D eigenvalue weighted by Gasteiger charge is -2.38. The molecule has 178 valence electrons. The number of hydrogen-bond acceptors (Lipinski definition) is 5. The topological polar surface area (TPSA) is 68.8 Å². The number of halogens is 2. The molecule has 5 nitrogen and oxygen atoms in total. The van der Waals surface area contributed by atoms with Gasteiger partial charge in [0.15, 0.2) is 5.75 Å². The molecule has 1 N–H and O–H groups in total. The van der Waals surface area contributed by atoms with Crippen molar-refractivity contribution < 1.29 is 9.84 Å². The van der Waals surface area contributed by atoms with Gasteiger partial charge in [-0.3, -0.25) is 4.99 Å². The van der Waals surface area contributed by atoms with Crippen LogP contribution in [0, 0.1) is 18.3 Å². The Morgan fingerprint density at radius 2 is 1.83 bits per heavy atom. The van der Waals surface area contributed by atoms with Gasteiger partial charge in [0.1, 0.15) is 28.4 Å². The van der Waals surface area contributed by atoms with Crippen LogP contribution in [0.1, 0.15) is 18.1 Å². The van der Waals surface area contributed by atoms with E-state index >= 15 is 0 Å². The Labute approximate surface area is 224 Å². The number of ether oxygens (including phenoxy) is 1. The predicted molar refractivity (Wildman–Crippen MR) is 151 cm³/mol. The van der Waals surface area contributed by atoms with E-state index in [1.54, 1.807) is 18.3 Å². The largest absolute Gasteiger partial charge is 0.489 e. The van der Waals surface area contributed by atoms with Crippen molar-refractivity contribution in [1.82, 2.24) is 0 Å². The van der Waals surface area contributed by atoms with E-state index in [0.717, 1.165) is 28.0 Å². The van der Waals surface area contributed by atoms with Crippen LogP contribution in [-0.2, 0) is 0 Å². The van der Waals surface area contributed by atoms with Gasteiger partial charge in [-0.05, 0) is 66.4 Å². The maximum atomic E-state index is 10.6. The van der Waals surface area contributed by atoms with Crippen LogP contribution < -0.4 is 9.64 Å². The van der Waals surface area contributed by atoms with Crippen molar-refractivity contribution >= 4 is 62.2 Å². The van der Waals surface area contributed by atoms with Gasteiger partial charge >= 0.3 is 0 Å². The number of alkyl halides is 1. The number of rotatable bonds is 9. The van der Waals surface area contributed by atoms with Crippen LogP contribution in [0.5, 0.6) is 5.75 Å². The molecule has 0 atom stereocenters. The standard InChI is InChI=1S/C27H23B2Cl2N3O2/c1-17(2)16-33-25-13-20(5-4-18(25)3)19-6-8-22(9-7-19)34(27(28,29)35)23-12-21(15-32)26(24(31)14-23)36-11-10-30/h4-9,12-14,16,35H,1,10-11H2,2-3H3. The average molecular weight is 514 g/mol. The number of aliphatic hydroxyl groups is 1. The van der Waals surface area contributed by atoms with E-state index in [1.807, 2.05) is 50.2 Å². The number of nitriles is 1. The molecule has 0 heterocycles. The first kappa shape index (κ1) is 27.4. The van der Waals surface area contributed by atoms with Crippen molar-refractivity contribution in [2.45, 2.75) is 19.4 Å². The van der Waals surface area contributed by atoms with Gasteiger partial charge in [-0.15, -0.1) is 11.6 Å². The molecule has 9 heteroatoms. The van der Waals surface area contributed by atoms with Crippen molar-refractivity contribution in [3.8, 4) is 22.9 Å². The second-order valence-electron chi connectivity index (χ2n) is 8.22. The number of nitrogens with zero attached hydrogens (tertiary/aromatic N) is 3. The van der Waals surface area contributed by atoms with E-state index in [2.05, 4.69) is 11.6 Å². The third-order valence-electron chi connectivity index (χ3n) is 5.18. The zero-order valence-electron chi connectivity index (χ0n) is 20.0. The minimum absolute atomic E-state index is 0.149. The van der Waals surface area contributed by atoms with Crippen molar-refractivity contribution in [2.24, 2.45) is 4.99 Å². The maximum absolute atomic E-state index is 10.6.